The van der Waals surface area contributed by atoms with Gasteiger partial charge in [0.2, 0.25) is 0 Å². The molecule has 0 saturated carbocycles. The minimum absolute atomic E-state index is 0.0842. The number of nitrogens with zero attached hydrogens (tertiary/aromatic N) is 2. The van der Waals surface area contributed by atoms with Crippen LogP contribution in [0.25, 0.3) is 0 Å². The number of hydrogen-bond donors (Lipinski definition) is 2. The number of halogens is 1. The highest BCUT2D eigenvalue weighted by Crippen LogP contribution is 2.15. The summed E-state index contributed by atoms with van der Waals surface area (Å²) in [5, 5.41) is 7.00. The second-order valence-electron chi connectivity index (χ2n) is 3.35. The van der Waals surface area contributed by atoms with Gasteiger partial charge in [-0.25, -0.2) is 4.68 Å². The van der Waals surface area contributed by atoms with E-state index in [0.29, 0.717) is 16.7 Å². The van der Waals surface area contributed by atoms with Crippen LogP contribution in [0.1, 0.15) is 13.3 Å². The van der Waals surface area contributed by atoms with Gasteiger partial charge in [-0.15, -0.1) is 0 Å². The first-order valence-electron chi connectivity index (χ1n) is 4.77. The third kappa shape index (κ3) is 3.04. The van der Waals surface area contributed by atoms with Crippen LogP contribution in [0.2, 0.25) is 0 Å². The third-order valence-electron chi connectivity index (χ3n) is 2.16. The fraction of sp³-hybridized carbons (Fsp3) is 0.556. The Morgan fingerprint density at radius 1 is 1.73 bits per heavy atom. The van der Waals surface area contributed by atoms with Crippen molar-refractivity contribution >= 4 is 21.6 Å². The summed E-state index contributed by atoms with van der Waals surface area (Å²) in [6.45, 7) is 2.65. The number of nitrogens with two attached hydrogens (primary N) is 1. The molecule has 0 bridgehead atoms. The van der Waals surface area contributed by atoms with E-state index >= 15 is 0 Å². The quantitative estimate of drug-likeness (QED) is 0.848. The average molecular weight is 275 g/mol. The van der Waals surface area contributed by atoms with Crippen molar-refractivity contribution in [2.75, 3.05) is 11.9 Å². The van der Waals surface area contributed by atoms with Crippen LogP contribution in [0.3, 0.4) is 0 Å². The maximum Gasteiger partial charge on any atom is 0.282 e. The van der Waals surface area contributed by atoms with E-state index in [4.69, 9.17) is 5.73 Å². The molecule has 1 atom stereocenters. The highest BCUT2D eigenvalue weighted by Gasteiger charge is 2.07. The smallest absolute Gasteiger partial charge is 0.282 e. The average Bonchev–Trinajstić information content (AvgIpc) is 2.24. The lowest BCUT2D eigenvalue weighted by atomic mass is 10.2. The van der Waals surface area contributed by atoms with Crippen LogP contribution in [0.5, 0.6) is 0 Å². The molecule has 84 valence electrons. The molecule has 6 heteroatoms. The van der Waals surface area contributed by atoms with Gasteiger partial charge in [0.25, 0.3) is 5.56 Å². The number of anilines is 1. The van der Waals surface area contributed by atoms with Gasteiger partial charge in [0, 0.05) is 19.6 Å². The second-order valence-corrected chi connectivity index (χ2v) is 4.14. The first-order valence-corrected chi connectivity index (χ1v) is 5.56. The molecule has 5 nitrogen and oxygen atoms in total. The van der Waals surface area contributed by atoms with Gasteiger partial charge in [-0.3, -0.25) is 4.79 Å². The summed E-state index contributed by atoms with van der Waals surface area (Å²) < 4.78 is 1.76. The monoisotopic (exact) mass is 274 g/mol. The van der Waals surface area contributed by atoms with Crippen LogP contribution in [0.4, 0.5) is 5.69 Å². The van der Waals surface area contributed by atoms with E-state index in [0.717, 1.165) is 6.42 Å². The highest BCUT2D eigenvalue weighted by atomic mass is 79.9. The standard InChI is InChI=1S/C9H15BrN4O/c1-3-6(11)4-12-7-5-13-14(2)9(15)8(7)10/h5-6,12H,3-4,11H2,1-2H3. The van der Waals surface area contributed by atoms with Crippen LogP contribution in [-0.4, -0.2) is 22.4 Å². The summed E-state index contributed by atoms with van der Waals surface area (Å²) >= 11 is 3.23. The van der Waals surface area contributed by atoms with E-state index in [2.05, 4.69) is 26.3 Å². The van der Waals surface area contributed by atoms with E-state index < -0.39 is 0 Å². The van der Waals surface area contributed by atoms with Crippen LogP contribution in [0, 0.1) is 0 Å². The molecule has 0 amide bonds. The fourth-order valence-corrected chi connectivity index (χ4v) is 1.52. The molecule has 1 rings (SSSR count). The molecular formula is C9H15BrN4O. The molecule has 0 aromatic carbocycles. The predicted molar refractivity (Wildman–Crippen MR) is 63.9 cm³/mol. The first-order chi connectivity index (χ1) is 7.06. The zero-order valence-corrected chi connectivity index (χ0v) is 10.4. The number of hydrogen-bond acceptors (Lipinski definition) is 4. The number of nitrogens with one attached hydrogen (secondary N) is 1. The van der Waals surface area contributed by atoms with Crippen molar-refractivity contribution in [1.82, 2.24) is 9.78 Å². The Morgan fingerprint density at radius 3 is 3.00 bits per heavy atom. The molecule has 0 aliphatic heterocycles. The van der Waals surface area contributed by atoms with E-state index in [9.17, 15) is 4.79 Å². The molecule has 0 saturated heterocycles. The lowest BCUT2D eigenvalue weighted by Crippen LogP contribution is -2.29. The third-order valence-corrected chi connectivity index (χ3v) is 2.92. The molecule has 0 radical (unpaired) electrons. The van der Waals surface area contributed by atoms with Gasteiger partial charge in [-0.05, 0) is 22.4 Å². The van der Waals surface area contributed by atoms with E-state index in [1.807, 2.05) is 6.92 Å². The predicted octanol–water partition coefficient (Wildman–Crippen LogP) is 0.692. The Kier molecular flexibility index (Phi) is 4.28. The highest BCUT2D eigenvalue weighted by molar-refractivity contribution is 9.10. The summed E-state index contributed by atoms with van der Waals surface area (Å²) in [6.07, 6.45) is 2.50. The maximum absolute atomic E-state index is 11.5. The molecule has 0 aliphatic carbocycles. The molecule has 1 unspecified atom stereocenters. The van der Waals surface area contributed by atoms with Crippen LogP contribution in [0.15, 0.2) is 15.5 Å². The van der Waals surface area contributed by atoms with Gasteiger partial charge in [0.1, 0.15) is 4.47 Å². The van der Waals surface area contributed by atoms with Crippen molar-refractivity contribution in [2.45, 2.75) is 19.4 Å². The van der Waals surface area contributed by atoms with E-state index in [1.54, 1.807) is 13.2 Å². The normalized spacial score (nSPS) is 12.5. The first kappa shape index (κ1) is 12.2. The summed E-state index contributed by atoms with van der Waals surface area (Å²) in [7, 11) is 1.61. The number of aryl methyl sites for hydroxylation is 1. The molecule has 3 N–H and O–H groups in total. The van der Waals surface area contributed by atoms with Crippen molar-refractivity contribution < 1.29 is 0 Å². The Hall–Kier alpha value is -0.880. The van der Waals surface area contributed by atoms with Gasteiger partial charge in [-0.2, -0.15) is 5.10 Å². The molecule has 0 fully saturated rings. The summed E-state index contributed by atoms with van der Waals surface area (Å²) in [4.78, 5) is 11.5. The minimum atomic E-state index is -0.162. The Bertz CT molecular complexity index is 390. The molecule has 0 aliphatic rings. The van der Waals surface area contributed by atoms with E-state index in [1.165, 1.54) is 4.68 Å². The van der Waals surface area contributed by atoms with Crippen molar-refractivity contribution in [3.63, 3.8) is 0 Å². The second kappa shape index (κ2) is 5.27. The van der Waals surface area contributed by atoms with E-state index in [-0.39, 0.29) is 11.6 Å². The molecule has 1 heterocycles. The van der Waals surface area contributed by atoms with Gasteiger partial charge in [0.05, 0.1) is 11.9 Å². The summed E-state index contributed by atoms with van der Waals surface area (Å²) in [5.74, 6) is 0. The largest absolute Gasteiger partial charge is 0.381 e. The molecule has 0 spiro atoms. The molecule has 1 aromatic rings. The fourth-order valence-electron chi connectivity index (χ4n) is 1.02. The van der Waals surface area contributed by atoms with Crippen molar-refractivity contribution in [3.8, 4) is 0 Å². The van der Waals surface area contributed by atoms with Gasteiger partial charge in [0.15, 0.2) is 0 Å². The zero-order valence-electron chi connectivity index (χ0n) is 8.83. The van der Waals surface area contributed by atoms with Crippen molar-refractivity contribution in [2.24, 2.45) is 12.8 Å². The molecule has 15 heavy (non-hydrogen) atoms. The van der Waals surface area contributed by atoms with Gasteiger partial charge in [-0.1, -0.05) is 6.92 Å². The van der Waals surface area contributed by atoms with Crippen molar-refractivity contribution in [1.29, 1.82) is 0 Å². The lowest BCUT2D eigenvalue weighted by Gasteiger charge is -2.12. The zero-order chi connectivity index (χ0) is 11.4. The van der Waals surface area contributed by atoms with Crippen LogP contribution >= 0.6 is 15.9 Å². The molecule has 1 aromatic heterocycles. The molecular weight excluding hydrogens is 260 g/mol. The van der Waals surface area contributed by atoms with Crippen LogP contribution in [-0.2, 0) is 7.05 Å². The minimum Gasteiger partial charge on any atom is -0.381 e. The van der Waals surface area contributed by atoms with Crippen LogP contribution < -0.4 is 16.6 Å². The summed E-state index contributed by atoms with van der Waals surface area (Å²) in [6, 6.07) is 0.0842. The van der Waals surface area contributed by atoms with Gasteiger partial charge < -0.3 is 11.1 Å². The lowest BCUT2D eigenvalue weighted by molar-refractivity contribution is 0.673. The maximum atomic E-state index is 11.5. The Morgan fingerprint density at radius 2 is 2.40 bits per heavy atom. The van der Waals surface area contributed by atoms with Gasteiger partial charge >= 0.3 is 0 Å². The van der Waals surface area contributed by atoms with Crippen molar-refractivity contribution in [3.05, 3.63) is 21.0 Å². The Balaban J connectivity index is 2.79. The SMILES string of the molecule is CCC(N)CNc1cnn(C)c(=O)c1Br. The summed E-state index contributed by atoms with van der Waals surface area (Å²) in [5.41, 5.74) is 6.28. The number of rotatable bonds is 4. The Labute approximate surface area is 96.8 Å². The topological polar surface area (TPSA) is 72.9 Å². The number of aromatic nitrogens is 2.